The first-order chi connectivity index (χ1) is 8.56. The van der Waals surface area contributed by atoms with Gasteiger partial charge in [-0.15, -0.1) is 0 Å². The second kappa shape index (κ2) is 7.28. The van der Waals surface area contributed by atoms with Crippen LogP contribution >= 0.6 is 0 Å². The fraction of sp³-hybridized carbons (Fsp3) is 0.692. The van der Waals surface area contributed by atoms with E-state index < -0.39 is 0 Å². The van der Waals surface area contributed by atoms with E-state index in [1.807, 2.05) is 13.0 Å². The van der Waals surface area contributed by atoms with Crippen LogP contribution in [-0.2, 0) is 4.74 Å². The Morgan fingerprint density at radius 2 is 2.11 bits per heavy atom. The molecular weight excluding hydrogens is 228 g/mol. The highest BCUT2D eigenvalue weighted by Crippen LogP contribution is 2.15. The van der Waals surface area contributed by atoms with Gasteiger partial charge in [0.1, 0.15) is 0 Å². The van der Waals surface area contributed by atoms with Crippen LogP contribution in [0.3, 0.4) is 0 Å². The van der Waals surface area contributed by atoms with Crippen LogP contribution in [0, 0.1) is 6.92 Å². The Hall–Kier alpha value is -1.20. The zero-order chi connectivity index (χ0) is 13.5. The molecule has 1 aromatic rings. The van der Waals surface area contributed by atoms with Crippen LogP contribution in [0.5, 0.6) is 0 Å². The van der Waals surface area contributed by atoms with E-state index in [0.29, 0.717) is 25.0 Å². The zero-order valence-electron chi connectivity index (χ0n) is 11.7. The maximum Gasteiger partial charge on any atom is 0.223 e. The summed E-state index contributed by atoms with van der Waals surface area (Å²) in [6.45, 7) is 7.44. The highest BCUT2D eigenvalue weighted by molar-refractivity contribution is 5.30. The lowest BCUT2D eigenvalue weighted by Gasteiger charge is -2.17. The Labute approximate surface area is 109 Å². The molecule has 0 aliphatic rings. The molecule has 0 saturated carbocycles. The highest BCUT2D eigenvalue weighted by Gasteiger charge is 2.10. The predicted molar refractivity (Wildman–Crippen MR) is 73.8 cm³/mol. The lowest BCUT2D eigenvalue weighted by molar-refractivity contribution is 0.190. The summed E-state index contributed by atoms with van der Waals surface area (Å²) in [6, 6.07) is 2.16. The molecule has 0 aliphatic heterocycles. The molecule has 102 valence electrons. The van der Waals surface area contributed by atoms with Crippen molar-refractivity contribution in [1.82, 2.24) is 9.97 Å². The molecular formula is C13H24N4O. The SMILES string of the molecule is COCCC(CN)Nc1nc(C)cc(C(C)C)n1. The van der Waals surface area contributed by atoms with E-state index >= 15 is 0 Å². The molecule has 0 amide bonds. The van der Waals surface area contributed by atoms with E-state index in [1.54, 1.807) is 7.11 Å². The summed E-state index contributed by atoms with van der Waals surface area (Å²) in [4.78, 5) is 8.90. The molecule has 0 radical (unpaired) electrons. The highest BCUT2D eigenvalue weighted by atomic mass is 16.5. The number of methoxy groups -OCH3 is 1. The summed E-state index contributed by atoms with van der Waals surface area (Å²) in [7, 11) is 1.69. The van der Waals surface area contributed by atoms with E-state index in [-0.39, 0.29) is 6.04 Å². The summed E-state index contributed by atoms with van der Waals surface area (Å²) in [5, 5.41) is 3.27. The molecule has 1 aromatic heterocycles. The minimum absolute atomic E-state index is 0.145. The third-order valence-corrected chi connectivity index (χ3v) is 2.75. The lowest BCUT2D eigenvalue weighted by Crippen LogP contribution is -2.31. The van der Waals surface area contributed by atoms with Crippen molar-refractivity contribution in [2.24, 2.45) is 5.73 Å². The molecule has 0 saturated heterocycles. The maximum absolute atomic E-state index is 5.72. The van der Waals surface area contributed by atoms with Crippen molar-refractivity contribution < 1.29 is 4.74 Å². The smallest absolute Gasteiger partial charge is 0.223 e. The maximum atomic E-state index is 5.72. The number of aryl methyl sites for hydroxylation is 1. The standard InChI is InChI=1S/C13H24N4O/c1-9(2)12-7-10(3)15-13(17-12)16-11(8-14)5-6-18-4/h7,9,11H,5-6,8,14H2,1-4H3,(H,15,16,17). The number of ether oxygens (including phenoxy) is 1. The van der Waals surface area contributed by atoms with Crippen molar-refractivity contribution in [3.05, 3.63) is 17.5 Å². The molecule has 0 spiro atoms. The molecule has 1 atom stereocenters. The Morgan fingerprint density at radius 3 is 2.67 bits per heavy atom. The van der Waals surface area contributed by atoms with Gasteiger partial charge in [0, 0.05) is 37.7 Å². The van der Waals surface area contributed by atoms with Gasteiger partial charge in [-0.2, -0.15) is 0 Å². The molecule has 3 N–H and O–H groups in total. The van der Waals surface area contributed by atoms with Gasteiger partial charge in [0.05, 0.1) is 0 Å². The topological polar surface area (TPSA) is 73.1 Å². The predicted octanol–water partition coefficient (Wildman–Crippen LogP) is 1.68. The summed E-state index contributed by atoms with van der Waals surface area (Å²) < 4.78 is 5.06. The van der Waals surface area contributed by atoms with Gasteiger partial charge in [-0.3, -0.25) is 0 Å². The average Bonchev–Trinajstić information content (AvgIpc) is 2.33. The molecule has 18 heavy (non-hydrogen) atoms. The number of nitrogens with zero attached hydrogens (tertiary/aromatic N) is 2. The molecule has 0 aromatic carbocycles. The van der Waals surface area contributed by atoms with Gasteiger partial charge in [0.25, 0.3) is 0 Å². The van der Waals surface area contributed by atoms with Crippen LogP contribution in [0.2, 0.25) is 0 Å². The van der Waals surface area contributed by atoms with Crippen LogP contribution < -0.4 is 11.1 Å². The fourth-order valence-electron chi connectivity index (χ4n) is 1.64. The summed E-state index contributed by atoms with van der Waals surface area (Å²) in [6.07, 6.45) is 0.849. The number of aromatic nitrogens is 2. The molecule has 1 rings (SSSR count). The van der Waals surface area contributed by atoms with Crippen molar-refractivity contribution in [2.45, 2.75) is 39.2 Å². The van der Waals surface area contributed by atoms with E-state index in [4.69, 9.17) is 10.5 Å². The number of nitrogens with one attached hydrogen (secondary N) is 1. The number of nitrogens with two attached hydrogens (primary N) is 1. The second-order valence-corrected chi connectivity index (χ2v) is 4.77. The van der Waals surface area contributed by atoms with Crippen molar-refractivity contribution in [1.29, 1.82) is 0 Å². The van der Waals surface area contributed by atoms with Gasteiger partial charge >= 0.3 is 0 Å². The van der Waals surface area contributed by atoms with Crippen LogP contribution in [0.25, 0.3) is 0 Å². The van der Waals surface area contributed by atoms with Crippen LogP contribution in [-0.4, -0.2) is 36.3 Å². The number of hydrogen-bond donors (Lipinski definition) is 2. The van der Waals surface area contributed by atoms with Gasteiger partial charge in [-0.1, -0.05) is 13.8 Å². The first-order valence-corrected chi connectivity index (χ1v) is 6.38. The normalized spacial score (nSPS) is 12.8. The van der Waals surface area contributed by atoms with Crippen LogP contribution in [0.15, 0.2) is 6.07 Å². The number of hydrogen-bond acceptors (Lipinski definition) is 5. The molecule has 0 aliphatic carbocycles. The van der Waals surface area contributed by atoms with Crippen molar-refractivity contribution >= 4 is 5.95 Å². The molecule has 1 unspecified atom stereocenters. The fourth-order valence-corrected chi connectivity index (χ4v) is 1.64. The zero-order valence-corrected chi connectivity index (χ0v) is 11.7. The van der Waals surface area contributed by atoms with Gasteiger partial charge in [0.2, 0.25) is 5.95 Å². The monoisotopic (exact) mass is 252 g/mol. The quantitative estimate of drug-likeness (QED) is 0.772. The van der Waals surface area contributed by atoms with Gasteiger partial charge in [-0.05, 0) is 25.3 Å². The van der Waals surface area contributed by atoms with Crippen molar-refractivity contribution in [3.8, 4) is 0 Å². The summed E-state index contributed by atoms with van der Waals surface area (Å²) >= 11 is 0. The van der Waals surface area contributed by atoms with Crippen LogP contribution in [0.4, 0.5) is 5.95 Å². The van der Waals surface area contributed by atoms with Crippen molar-refractivity contribution in [3.63, 3.8) is 0 Å². The summed E-state index contributed by atoms with van der Waals surface area (Å²) in [5.41, 5.74) is 7.74. The largest absolute Gasteiger partial charge is 0.385 e. The minimum atomic E-state index is 0.145. The Balaban J connectivity index is 2.75. The third kappa shape index (κ3) is 4.58. The van der Waals surface area contributed by atoms with Gasteiger partial charge in [-0.25, -0.2) is 9.97 Å². The Bertz CT molecular complexity index is 368. The molecule has 5 nitrogen and oxygen atoms in total. The second-order valence-electron chi connectivity index (χ2n) is 4.77. The van der Waals surface area contributed by atoms with E-state index in [0.717, 1.165) is 17.8 Å². The molecule has 0 bridgehead atoms. The van der Waals surface area contributed by atoms with Crippen LogP contribution in [0.1, 0.15) is 37.6 Å². The minimum Gasteiger partial charge on any atom is -0.385 e. The average molecular weight is 252 g/mol. The summed E-state index contributed by atoms with van der Waals surface area (Å²) in [5.74, 6) is 1.05. The number of anilines is 1. The molecule has 1 heterocycles. The Kier molecular flexibility index (Phi) is 6.01. The lowest BCUT2D eigenvalue weighted by atomic mass is 10.1. The molecule has 5 heteroatoms. The first kappa shape index (κ1) is 14.9. The van der Waals surface area contributed by atoms with Gasteiger partial charge < -0.3 is 15.8 Å². The Morgan fingerprint density at radius 1 is 1.39 bits per heavy atom. The van der Waals surface area contributed by atoms with E-state index in [9.17, 15) is 0 Å². The first-order valence-electron chi connectivity index (χ1n) is 6.38. The van der Waals surface area contributed by atoms with E-state index in [2.05, 4.69) is 29.1 Å². The third-order valence-electron chi connectivity index (χ3n) is 2.75. The molecule has 0 fully saturated rings. The van der Waals surface area contributed by atoms with E-state index in [1.165, 1.54) is 0 Å². The number of rotatable bonds is 7. The van der Waals surface area contributed by atoms with Crippen molar-refractivity contribution in [2.75, 3.05) is 25.6 Å². The van der Waals surface area contributed by atoms with Gasteiger partial charge in [0.15, 0.2) is 0 Å².